The zero-order chi connectivity index (χ0) is 11.5. The molecule has 0 bridgehead atoms. The minimum Gasteiger partial charge on any atom is -0.255 e. The molecule has 1 heterocycles. The van der Waals surface area contributed by atoms with E-state index >= 15 is 0 Å². The first-order valence-corrected chi connectivity index (χ1v) is 6.05. The van der Waals surface area contributed by atoms with Crippen LogP contribution in [0.1, 0.15) is 16.8 Å². The van der Waals surface area contributed by atoms with Gasteiger partial charge < -0.3 is 0 Å². The van der Waals surface area contributed by atoms with Crippen LogP contribution < -0.4 is 0 Å². The highest BCUT2D eigenvalue weighted by Crippen LogP contribution is 2.20. The second-order valence-corrected chi connectivity index (χ2v) is 4.76. The van der Waals surface area contributed by atoms with E-state index in [1.807, 2.05) is 13.2 Å². The molecule has 0 N–H and O–H groups in total. The Labute approximate surface area is 104 Å². The lowest BCUT2D eigenvalue weighted by Crippen LogP contribution is -1.95. The summed E-state index contributed by atoms with van der Waals surface area (Å²) in [7, 11) is 1.89. The van der Waals surface area contributed by atoms with E-state index < -0.39 is 0 Å². The van der Waals surface area contributed by atoms with Gasteiger partial charge in [0, 0.05) is 17.7 Å². The fourth-order valence-electron chi connectivity index (χ4n) is 1.70. The maximum absolute atomic E-state index is 4.08. The van der Waals surface area contributed by atoms with Crippen LogP contribution in [0.3, 0.4) is 0 Å². The Balaban J connectivity index is 2.07. The van der Waals surface area contributed by atoms with E-state index in [1.165, 1.54) is 15.6 Å². The van der Waals surface area contributed by atoms with Crippen molar-refractivity contribution in [2.75, 3.05) is 0 Å². The molecule has 0 unspecified atom stereocenters. The summed E-state index contributed by atoms with van der Waals surface area (Å²) in [5.74, 6) is 0. The van der Waals surface area contributed by atoms with E-state index in [1.54, 1.807) is 4.68 Å². The Morgan fingerprint density at radius 3 is 2.81 bits per heavy atom. The van der Waals surface area contributed by atoms with Crippen LogP contribution in [0, 0.1) is 6.92 Å². The van der Waals surface area contributed by atoms with Gasteiger partial charge in [0.05, 0.1) is 5.69 Å². The third-order valence-corrected chi connectivity index (χ3v) is 3.54. The molecule has 0 saturated carbocycles. The van der Waals surface area contributed by atoms with Gasteiger partial charge in [-0.25, -0.2) is 0 Å². The van der Waals surface area contributed by atoms with Crippen LogP contribution >= 0.6 is 15.9 Å². The van der Waals surface area contributed by atoms with Gasteiger partial charge in [0.1, 0.15) is 0 Å². The fourth-order valence-corrected chi connectivity index (χ4v) is 2.10. The van der Waals surface area contributed by atoms with E-state index in [9.17, 15) is 0 Å². The molecule has 84 valence electrons. The molecule has 0 radical (unpaired) electrons. The average molecular weight is 280 g/mol. The molecule has 2 aromatic rings. The molecular formula is C12H14BrN3. The summed E-state index contributed by atoms with van der Waals surface area (Å²) in [6, 6.07) is 6.31. The lowest BCUT2D eigenvalue weighted by molar-refractivity contribution is 0.712. The van der Waals surface area contributed by atoms with Gasteiger partial charge in [-0.15, -0.1) is 5.10 Å². The van der Waals surface area contributed by atoms with Crippen LogP contribution in [0.15, 0.2) is 28.9 Å². The number of halogens is 1. The first kappa shape index (κ1) is 11.3. The number of hydrogen-bond donors (Lipinski definition) is 0. The minimum atomic E-state index is 0.936. The molecule has 0 atom stereocenters. The fraction of sp³-hybridized carbons (Fsp3) is 0.333. The van der Waals surface area contributed by atoms with Crippen LogP contribution in [-0.2, 0) is 19.9 Å². The predicted molar refractivity (Wildman–Crippen MR) is 67.3 cm³/mol. The Morgan fingerprint density at radius 1 is 1.31 bits per heavy atom. The van der Waals surface area contributed by atoms with E-state index in [-0.39, 0.29) is 0 Å². The highest BCUT2D eigenvalue weighted by atomic mass is 79.9. The summed E-state index contributed by atoms with van der Waals surface area (Å²) in [5.41, 5.74) is 3.72. The lowest BCUT2D eigenvalue weighted by Gasteiger charge is -2.05. The normalized spacial score (nSPS) is 10.7. The summed E-state index contributed by atoms with van der Waals surface area (Å²) in [6.07, 6.45) is 3.91. The molecule has 1 aromatic carbocycles. The minimum absolute atomic E-state index is 0.936. The SMILES string of the molecule is Cc1c(Br)cccc1CCc1cn(C)nn1. The van der Waals surface area contributed by atoms with Gasteiger partial charge >= 0.3 is 0 Å². The molecule has 0 aliphatic rings. The van der Waals surface area contributed by atoms with Crippen molar-refractivity contribution < 1.29 is 0 Å². The Bertz CT molecular complexity index is 491. The van der Waals surface area contributed by atoms with Crippen LogP contribution in [0.4, 0.5) is 0 Å². The third-order valence-electron chi connectivity index (χ3n) is 2.68. The summed E-state index contributed by atoms with van der Waals surface area (Å²) in [4.78, 5) is 0. The van der Waals surface area contributed by atoms with Gasteiger partial charge in [-0.3, -0.25) is 4.68 Å². The molecule has 0 amide bonds. The molecule has 1 aromatic heterocycles. The summed E-state index contributed by atoms with van der Waals surface area (Å²) in [6.45, 7) is 2.14. The van der Waals surface area contributed by atoms with Crippen molar-refractivity contribution in [3.05, 3.63) is 45.7 Å². The zero-order valence-electron chi connectivity index (χ0n) is 9.44. The number of rotatable bonds is 3. The third kappa shape index (κ3) is 2.50. The summed E-state index contributed by atoms with van der Waals surface area (Å²) in [5, 5.41) is 8.01. The Morgan fingerprint density at radius 2 is 2.12 bits per heavy atom. The zero-order valence-corrected chi connectivity index (χ0v) is 11.0. The van der Waals surface area contributed by atoms with E-state index in [4.69, 9.17) is 0 Å². The standard InChI is InChI=1S/C12H14BrN3/c1-9-10(4-3-5-12(9)13)6-7-11-8-16(2)15-14-11/h3-5,8H,6-7H2,1-2H3. The van der Waals surface area contributed by atoms with Crippen LogP contribution in [0.5, 0.6) is 0 Å². The van der Waals surface area contributed by atoms with Crippen molar-refractivity contribution in [2.24, 2.45) is 7.05 Å². The number of nitrogens with zero attached hydrogens (tertiary/aromatic N) is 3. The maximum atomic E-state index is 4.08. The van der Waals surface area contributed by atoms with Gasteiger partial charge in [-0.1, -0.05) is 33.3 Å². The number of benzene rings is 1. The van der Waals surface area contributed by atoms with E-state index in [0.29, 0.717) is 0 Å². The smallest absolute Gasteiger partial charge is 0.0830 e. The van der Waals surface area contributed by atoms with Gasteiger partial charge in [0.25, 0.3) is 0 Å². The molecule has 16 heavy (non-hydrogen) atoms. The van der Waals surface area contributed by atoms with Crippen molar-refractivity contribution in [3.63, 3.8) is 0 Å². The molecule has 3 nitrogen and oxygen atoms in total. The first-order valence-electron chi connectivity index (χ1n) is 5.26. The molecule has 2 rings (SSSR count). The topological polar surface area (TPSA) is 30.7 Å². The summed E-state index contributed by atoms with van der Waals surface area (Å²) < 4.78 is 2.91. The number of aromatic nitrogens is 3. The average Bonchev–Trinajstić information content (AvgIpc) is 2.67. The molecule has 0 saturated heterocycles. The Kier molecular flexibility index (Phi) is 3.39. The molecular weight excluding hydrogens is 266 g/mol. The molecule has 0 spiro atoms. The number of aryl methyl sites for hydroxylation is 3. The monoisotopic (exact) mass is 279 g/mol. The van der Waals surface area contributed by atoms with Crippen molar-refractivity contribution >= 4 is 15.9 Å². The van der Waals surface area contributed by atoms with Crippen LogP contribution in [0.2, 0.25) is 0 Å². The van der Waals surface area contributed by atoms with E-state index in [0.717, 1.165) is 18.5 Å². The quantitative estimate of drug-likeness (QED) is 0.865. The van der Waals surface area contributed by atoms with Gasteiger partial charge in [-0.2, -0.15) is 0 Å². The largest absolute Gasteiger partial charge is 0.255 e. The van der Waals surface area contributed by atoms with Crippen molar-refractivity contribution in [1.29, 1.82) is 0 Å². The molecule has 4 heteroatoms. The molecule has 0 fully saturated rings. The second-order valence-electron chi connectivity index (χ2n) is 3.91. The van der Waals surface area contributed by atoms with Crippen LogP contribution in [0.25, 0.3) is 0 Å². The van der Waals surface area contributed by atoms with Gasteiger partial charge in [-0.05, 0) is 37.0 Å². The molecule has 0 aliphatic heterocycles. The first-order chi connectivity index (χ1) is 7.66. The Hall–Kier alpha value is -1.16. The highest BCUT2D eigenvalue weighted by Gasteiger charge is 2.04. The van der Waals surface area contributed by atoms with Gasteiger partial charge in [0.15, 0.2) is 0 Å². The van der Waals surface area contributed by atoms with Crippen molar-refractivity contribution in [1.82, 2.24) is 15.0 Å². The van der Waals surface area contributed by atoms with Crippen LogP contribution in [-0.4, -0.2) is 15.0 Å². The number of hydrogen-bond acceptors (Lipinski definition) is 2. The van der Waals surface area contributed by atoms with Gasteiger partial charge in [0.2, 0.25) is 0 Å². The van der Waals surface area contributed by atoms with E-state index in [2.05, 4.69) is 51.4 Å². The van der Waals surface area contributed by atoms with Crippen molar-refractivity contribution in [3.8, 4) is 0 Å². The predicted octanol–water partition coefficient (Wildman–Crippen LogP) is 2.67. The highest BCUT2D eigenvalue weighted by molar-refractivity contribution is 9.10. The maximum Gasteiger partial charge on any atom is 0.0830 e. The summed E-state index contributed by atoms with van der Waals surface area (Å²) >= 11 is 3.54. The lowest BCUT2D eigenvalue weighted by atomic mass is 10.0. The second kappa shape index (κ2) is 4.78. The molecule has 0 aliphatic carbocycles. The van der Waals surface area contributed by atoms with Crippen molar-refractivity contribution in [2.45, 2.75) is 19.8 Å².